The van der Waals surface area contributed by atoms with E-state index in [-0.39, 0.29) is 41.9 Å². The monoisotopic (exact) mass is 435 g/mol. The van der Waals surface area contributed by atoms with Crippen LogP contribution in [0.4, 0.5) is 0 Å². The fraction of sp³-hybridized carbons (Fsp3) is 0. The Balaban J connectivity index is 0.000000871. The number of hydrogen-bond acceptors (Lipinski definition) is 2. The Labute approximate surface area is 179 Å². The molecule has 5 heterocycles. The Morgan fingerprint density at radius 2 is 0.815 bits per heavy atom. The van der Waals surface area contributed by atoms with E-state index in [2.05, 4.69) is 50.3 Å². The van der Waals surface area contributed by atoms with E-state index in [1.807, 2.05) is 42.5 Å². The molecule has 1 radical (unpaired) electrons. The van der Waals surface area contributed by atoms with Crippen molar-refractivity contribution in [2.45, 2.75) is 0 Å². The molecule has 0 spiro atoms. The summed E-state index contributed by atoms with van der Waals surface area (Å²) >= 11 is 0. The maximum Gasteiger partial charge on any atom is 2.00 e. The zero-order chi connectivity index (χ0) is 15.9. The Morgan fingerprint density at radius 1 is 0.481 bits per heavy atom. The first kappa shape index (κ1) is 21.0. The number of aromatic nitrogens is 4. The quantitative estimate of drug-likeness (QED) is 0.296. The number of H-pyrrole nitrogens is 2. The van der Waals surface area contributed by atoms with Crippen LogP contribution in [0.5, 0.6) is 0 Å². The van der Waals surface area contributed by atoms with E-state index in [1.54, 1.807) is 0 Å². The number of fused-ring (bicyclic) bond motifs is 8. The molecule has 2 aliphatic heterocycles. The molecule has 3 aromatic heterocycles. The van der Waals surface area contributed by atoms with Gasteiger partial charge in [-0.25, -0.2) is 9.97 Å². The van der Waals surface area contributed by atoms with Crippen LogP contribution in [0.3, 0.4) is 0 Å². The van der Waals surface area contributed by atoms with Gasteiger partial charge in [0.05, 0.1) is 22.8 Å². The zero-order valence-corrected chi connectivity index (χ0v) is 16.6. The van der Waals surface area contributed by atoms with Crippen molar-refractivity contribution in [3.05, 3.63) is 71.3 Å². The van der Waals surface area contributed by atoms with Gasteiger partial charge in [0.25, 0.3) is 0 Å². The predicted octanol–water partition coefficient (Wildman–Crippen LogP) is -1.34. The Hall–Kier alpha value is -2.30. The second-order valence-corrected chi connectivity index (χ2v) is 5.91. The summed E-state index contributed by atoms with van der Waals surface area (Å²) in [5.74, 6) is 0. The summed E-state index contributed by atoms with van der Waals surface area (Å²) in [5.41, 5.74) is 7.86. The first-order valence-electron chi connectivity index (χ1n) is 7.85. The van der Waals surface area contributed by atoms with Gasteiger partial charge in [-0.3, -0.25) is 0 Å². The molecule has 7 heteroatoms. The summed E-state index contributed by atoms with van der Waals surface area (Å²) in [6.07, 6.45) is 8.05. The van der Waals surface area contributed by atoms with E-state index in [9.17, 15) is 0 Å². The van der Waals surface area contributed by atoms with Crippen LogP contribution >= 0.6 is 0 Å². The third-order valence-electron chi connectivity index (χ3n) is 4.04. The summed E-state index contributed by atoms with van der Waals surface area (Å²) in [5, 5.41) is 0. The van der Waals surface area contributed by atoms with Crippen molar-refractivity contribution in [2.75, 3.05) is 0 Å². The van der Waals surface area contributed by atoms with Crippen molar-refractivity contribution in [1.82, 2.24) is 19.9 Å². The van der Waals surface area contributed by atoms with Crippen molar-refractivity contribution < 1.29 is 41.9 Å². The van der Waals surface area contributed by atoms with Gasteiger partial charge in [-0.15, -0.1) is 0 Å². The van der Waals surface area contributed by atoms with Gasteiger partial charge < -0.3 is 34.8 Å². The third-order valence-corrected chi connectivity index (χ3v) is 4.04. The molecule has 2 aliphatic rings. The molecule has 4 nitrogen and oxygen atoms in total. The number of nitrogens with zero attached hydrogens (tertiary/aromatic N) is 2. The van der Waals surface area contributed by atoms with Crippen LogP contribution in [0.25, 0.3) is 46.4 Å². The predicted molar refractivity (Wildman–Crippen MR) is 98.9 cm³/mol. The SMILES string of the molecule is C1=Cc2cc3ccc(cc4ccc(cc5nc(cc1n2)C=C5)[nH]4)[nH]3.[Cl-].[Cl-].[Mn+2]. The van der Waals surface area contributed by atoms with E-state index in [0.717, 1.165) is 44.8 Å². The second-order valence-electron chi connectivity index (χ2n) is 5.91. The van der Waals surface area contributed by atoms with Gasteiger partial charge in [0.1, 0.15) is 0 Å². The molecule has 2 N–H and O–H groups in total. The minimum atomic E-state index is 0. The van der Waals surface area contributed by atoms with Crippen molar-refractivity contribution in [2.24, 2.45) is 0 Å². The number of halogens is 2. The molecule has 27 heavy (non-hydrogen) atoms. The minimum Gasteiger partial charge on any atom is -1.00 e. The molecule has 0 aromatic carbocycles. The second kappa shape index (κ2) is 8.59. The molecule has 8 bridgehead atoms. The van der Waals surface area contributed by atoms with E-state index in [1.165, 1.54) is 0 Å². The molecule has 135 valence electrons. The van der Waals surface area contributed by atoms with Gasteiger partial charge in [0.2, 0.25) is 0 Å². The van der Waals surface area contributed by atoms with E-state index < -0.39 is 0 Å². The largest absolute Gasteiger partial charge is 2.00 e. The first-order valence-corrected chi connectivity index (χ1v) is 7.85. The van der Waals surface area contributed by atoms with Crippen LogP contribution in [0, 0.1) is 0 Å². The summed E-state index contributed by atoms with van der Waals surface area (Å²) in [6.45, 7) is 0. The molecule has 0 unspecified atom stereocenters. The van der Waals surface area contributed by atoms with Gasteiger partial charge in [-0.05, 0) is 72.8 Å². The van der Waals surface area contributed by atoms with Crippen LogP contribution in [-0.4, -0.2) is 19.9 Å². The summed E-state index contributed by atoms with van der Waals surface area (Å²) in [7, 11) is 0. The third kappa shape index (κ3) is 4.52. The fourth-order valence-electron chi connectivity index (χ4n) is 2.94. The number of rotatable bonds is 0. The minimum absolute atomic E-state index is 0. The summed E-state index contributed by atoms with van der Waals surface area (Å²) < 4.78 is 0. The number of hydrogen-bond donors (Lipinski definition) is 2. The molecule has 0 fully saturated rings. The molecular formula is C20H14Cl2MnN4. The van der Waals surface area contributed by atoms with Crippen LogP contribution < -0.4 is 24.8 Å². The van der Waals surface area contributed by atoms with Gasteiger partial charge in [0.15, 0.2) is 0 Å². The molecule has 5 rings (SSSR count). The standard InChI is InChI=1S/C20H14N4.2ClH.Mn/c1-2-14-10-16-5-6-18(23-16)12-20-8-7-19(24-20)11-17-4-3-15(22-17)9-13(1)21-14;;;/h1-12,21-22H;2*1H;/q;;;+2/p-2. The molecule has 0 atom stereocenters. The van der Waals surface area contributed by atoms with Crippen molar-refractivity contribution in [3.63, 3.8) is 0 Å². The van der Waals surface area contributed by atoms with Gasteiger partial charge in [-0.2, -0.15) is 0 Å². The Bertz CT molecular complexity index is 1090. The van der Waals surface area contributed by atoms with Crippen LogP contribution in [-0.2, 0) is 17.1 Å². The molecular weight excluding hydrogens is 422 g/mol. The van der Waals surface area contributed by atoms with Crippen LogP contribution in [0.1, 0.15) is 22.8 Å². The van der Waals surface area contributed by atoms with Crippen LogP contribution in [0.2, 0.25) is 0 Å². The van der Waals surface area contributed by atoms with E-state index >= 15 is 0 Å². The number of aromatic amines is 2. The van der Waals surface area contributed by atoms with Crippen molar-refractivity contribution in [1.29, 1.82) is 0 Å². The van der Waals surface area contributed by atoms with Gasteiger partial charge in [0, 0.05) is 22.1 Å². The fourth-order valence-corrected chi connectivity index (χ4v) is 2.94. The first-order chi connectivity index (χ1) is 11.8. The van der Waals surface area contributed by atoms with Gasteiger partial charge in [-0.1, -0.05) is 0 Å². The average molecular weight is 436 g/mol. The average Bonchev–Trinajstić information content (AvgIpc) is 3.32. The summed E-state index contributed by atoms with van der Waals surface area (Å²) in [6, 6.07) is 16.4. The Morgan fingerprint density at radius 3 is 1.22 bits per heavy atom. The smallest absolute Gasteiger partial charge is 1.00 e. The Kier molecular flexibility index (Phi) is 6.68. The van der Waals surface area contributed by atoms with Crippen molar-refractivity contribution in [3.8, 4) is 0 Å². The molecule has 0 amide bonds. The maximum absolute atomic E-state index is 4.62. The molecule has 0 saturated carbocycles. The van der Waals surface area contributed by atoms with Crippen LogP contribution in [0.15, 0.2) is 48.5 Å². The summed E-state index contributed by atoms with van der Waals surface area (Å²) in [4.78, 5) is 16.0. The molecule has 0 aliphatic carbocycles. The van der Waals surface area contributed by atoms with Gasteiger partial charge >= 0.3 is 17.1 Å². The van der Waals surface area contributed by atoms with E-state index in [0.29, 0.717) is 0 Å². The van der Waals surface area contributed by atoms with E-state index in [4.69, 9.17) is 0 Å². The zero-order valence-electron chi connectivity index (χ0n) is 14.0. The molecule has 3 aromatic rings. The maximum atomic E-state index is 4.62. The topological polar surface area (TPSA) is 57.4 Å². The van der Waals surface area contributed by atoms with Crippen molar-refractivity contribution >= 4 is 46.4 Å². The number of nitrogens with one attached hydrogen (secondary N) is 2. The molecule has 0 saturated heterocycles. The normalized spacial score (nSPS) is 11.3.